The lowest BCUT2D eigenvalue weighted by Gasteiger charge is -1.97. The Morgan fingerprint density at radius 1 is 1.75 bits per heavy atom. The van der Waals surface area contributed by atoms with Crippen molar-refractivity contribution < 1.29 is 13.9 Å². The van der Waals surface area contributed by atoms with Gasteiger partial charge >= 0.3 is 5.97 Å². The summed E-state index contributed by atoms with van der Waals surface area (Å²) in [5, 5.41) is 0. The molecule has 1 aromatic heterocycles. The van der Waals surface area contributed by atoms with Gasteiger partial charge in [0.15, 0.2) is 5.89 Å². The first-order valence-corrected chi connectivity index (χ1v) is 3.83. The Kier molecular flexibility index (Phi) is 2.85. The molecule has 66 valence electrons. The van der Waals surface area contributed by atoms with Crippen molar-refractivity contribution in [2.75, 3.05) is 6.61 Å². The van der Waals surface area contributed by atoms with Gasteiger partial charge in [0, 0.05) is 6.92 Å². The van der Waals surface area contributed by atoms with Gasteiger partial charge in [-0.05, 0) is 6.42 Å². The molecule has 0 aliphatic carbocycles. The predicted octanol–water partition coefficient (Wildman–Crippen LogP) is 1.55. The van der Waals surface area contributed by atoms with E-state index in [1.807, 2.05) is 6.92 Å². The van der Waals surface area contributed by atoms with Crippen LogP contribution in [-0.2, 0) is 4.74 Å². The Morgan fingerprint density at radius 3 is 3.00 bits per heavy atom. The molecule has 0 spiro atoms. The van der Waals surface area contributed by atoms with Crippen LogP contribution in [0.4, 0.5) is 0 Å². The normalized spacial score (nSPS) is 9.83. The van der Waals surface area contributed by atoms with Crippen LogP contribution < -0.4 is 0 Å². The summed E-state index contributed by atoms with van der Waals surface area (Å²) in [6, 6.07) is 0. The number of aromatic nitrogens is 1. The Labute approximate surface area is 70.5 Å². The van der Waals surface area contributed by atoms with Crippen LogP contribution >= 0.6 is 0 Å². The van der Waals surface area contributed by atoms with Crippen molar-refractivity contribution in [3.8, 4) is 0 Å². The number of oxazole rings is 1. The summed E-state index contributed by atoms with van der Waals surface area (Å²) < 4.78 is 9.77. The molecule has 1 rings (SSSR count). The van der Waals surface area contributed by atoms with E-state index in [1.165, 1.54) is 6.20 Å². The third kappa shape index (κ3) is 2.08. The van der Waals surface area contributed by atoms with Crippen LogP contribution in [0.1, 0.15) is 29.8 Å². The van der Waals surface area contributed by atoms with Crippen molar-refractivity contribution in [2.24, 2.45) is 0 Å². The van der Waals surface area contributed by atoms with Crippen molar-refractivity contribution in [2.45, 2.75) is 20.3 Å². The zero-order valence-corrected chi connectivity index (χ0v) is 7.16. The van der Waals surface area contributed by atoms with Crippen LogP contribution in [0, 0.1) is 6.92 Å². The van der Waals surface area contributed by atoms with Crippen LogP contribution in [-0.4, -0.2) is 17.6 Å². The lowest BCUT2D eigenvalue weighted by atomic mass is 10.5. The quantitative estimate of drug-likeness (QED) is 0.644. The second-order valence-electron chi connectivity index (χ2n) is 2.38. The third-order valence-electron chi connectivity index (χ3n) is 1.26. The molecule has 4 heteroatoms. The molecule has 12 heavy (non-hydrogen) atoms. The highest BCUT2D eigenvalue weighted by Crippen LogP contribution is 2.03. The highest BCUT2D eigenvalue weighted by Gasteiger charge is 2.11. The molecule has 0 saturated carbocycles. The van der Waals surface area contributed by atoms with Crippen molar-refractivity contribution in [3.63, 3.8) is 0 Å². The predicted molar refractivity (Wildman–Crippen MR) is 41.8 cm³/mol. The molecule has 1 heterocycles. The van der Waals surface area contributed by atoms with Crippen LogP contribution in [0.2, 0.25) is 0 Å². The zero-order valence-electron chi connectivity index (χ0n) is 7.16. The molecule has 0 radical (unpaired) electrons. The number of nitrogens with zero attached hydrogens (tertiary/aromatic N) is 1. The van der Waals surface area contributed by atoms with Gasteiger partial charge in [0.1, 0.15) is 0 Å². The largest absolute Gasteiger partial charge is 0.460 e. The number of carbonyl (C=O) groups is 1. The van der Waals surface area contributed by atoms with Crippen molar-refractivity contribution in [1.29, 1.82) is 0 Å². The SMILES string of the molecule is CCCOC(=O)c1cnc(C)o1. The molecular formula is C8H11NO3. The van der Waals surface area contributed by atoms with Crippen molar-refractivity contribution >= 4 is 5.97 Å². The average Bonchev–Trinajstić information content (AvgIpc) is 2.47. The van der Waals surface area contributed by atoms with Gasteiger partial charge < -0.3 is 9.15 Å². The number of aryl methyl sites for hydroxylation is 1. The minimum Gasteiger partial charge on any atom is -0.460 e. The van der Waals surface area contributed by atoms with Crippen LogP contribution in [0.5, 0.6) is 0 Å². The molecule has 0 aliphatic rings. The summed E-state index contributed by atoms with van der Waals surface area (Å²) in [5.41, 5.74) is 0. The Bertz CT molecular complexity index is 267. The minimum atomic E-state index is -0.447. The van der Waals surface area contributed by atoms with Gasteiger partial charge in [-0.25, -0.2) is 9.78 Å². The summed E-state index contributed by atoms with van der Waals surface area (Å²) in [6.07, 6.45) is 2.17. The van der Waals surface area contributed by atoms with Crippen LogP contribution in [0.15, 0.2) is 10.6 Å². The number of hydrogen-bond acceptors (Lipinski definition) is 4. The maximum atomic E-state index is 11.1. The molecule has 0 unspecified atom stereocenters. The highest BCUT2D eigenvalue weighted by molar-refractivity contribution is 5.85. The Balaban J connectivity index is 2.53. The van der Waals surface area contributed by atoms with Crippen molar-refractivity contribution in [3.05, 3.63) is 17.8 Å². The first-order chi connectivity index (χ1) is 5.74. The molecular weight excluding hydrogens is 158 g/mol. The average molecular weight is 169 g/mol. The first kappa shape index (κ1) is 8.77. The second-order valence-corrected chi connectivity index (χ2v) is 2.38. The lowest BCUT2D eigenvalue weighted by molar-refractivity contribution is 0.0467. The molecule has 4 nitrogen and oxygen atoms in total. The van der Waals surface area contributed by atoms with E-state index in [2.05, 4.69) is 4.98 Å². The minimum absolute atomic E-state index is 0.168. The van der Waals surface area contributed by atoms with Gasteiger partial charge in [-0.3, -0.25) is 0 Å². The van der Waals surface area contributed by atoms with E-state index >= 15 is 0 Å². The van der Waals surface area contributed by atoms with Gasteiger partial charge in [0.05, 0.1) is 12.8 Å². The molecule has 0 amide bonds. The molecule has 0 aromatic carbocycles. The fourth-order valence-electron chi connectivity index (χ4n) is 0.722. The topological polar surface area (TPSA) is 52.3 Å². The number of rotatable bonds is 3. The fraction of sp³-hybridized carbons (Fsp3) is 0.500. The smallest absolute Gasteiger partial charge is 0.375 e. The van der Waals surface area contributed by atoms with Gasteiger partial charge in [-0.1, -0.05) is 6.92 Å². The van der Waals surface area contributed by atoms with E-state index in [0.717, 1.165) is 6.42 Å². The van der Waals surface area contributed by atoms with Gasteiger partial charge in [0.2, 0.25) is 5.76 Å². The Hall–Kier alpha value is -1.32. The number of hydrogen-bond donors (Lipinski definition) is 0. The maximum Gasteiger partial charge on any atom is 0.375 e. The van der Waals surface area contributed by atoms with E-state index in [9.17, 15) is 4.79 Å². The van der Waals surface area contributed by atoms with E-state index in [1.54, 1.807) is 6.92 Å². The van der Waals surface area contributed by atoms with E-state index in [-0.39, 0.29) is 5.76 Å². The summed E-state index contributed by atoms with van der Waals surface area (Å²) >= 11 is 0. The summed E-state index contributed by atoms with van der Waals surface area (Å²) in [4.78, 5) is 14.8. The lowest BCUT2D eigenvalue weighted by Crippen LogP contribution is -2.04. The molecule has 1 aromatic rings. The van der Waals surface area contributed by atoms with Gasteiger partial charge in [-0.15, -0.1) is 0 Å². The molecule has 0 saturated heterocycles. The van der Waals surface area contributed by atoms with E-state index in [0.29, 0.717) is 12.5 Å². The second kappa shape index (κ2) is 3.90. The van der Waals surface area contributed by atoms with Gasteiger partial charge in [-0.2, -0.15) is 0 Å². The maximum absolute atomic E-state index is 11.1. The molecule has 0 fully saturated rings. The molecule has 0 aliphatic heterocycles. The number of carbonyl (C=O) groups excluding carboxylic acids is 1. The summed E-state index contributed by atoms with van der Waals surface area (Å²) in [6.45, 7) is 4.02. The zero-order chi connectivity index (χ0) is 8.97. The standard InChI is InChI=1S/C8H11NO3/c1-3-4-11-8(10)7-5-9-6(2)12-7/h5H,3-4H2,1-2H3. The highest BCUT2D eigenvalue weighted by atomic mass is 16.5. The van der Waals surface area contributed by atoms with Crippen LogP contribution in [0.3, 0.4) is 0 Å². The molecule has 0 bridgehead atoms. The molecule has 0 N–H and O–H groups in total. The van der Waals surface area contributed by atoms with E-state index in [4.69, 9.17) is 9.15 Å². The van der Waals surface area contributed by atoms with Crippen LogP contribution in [0.25, 0.3) is 0 Å². The monoisotopic (exact) mass is 169 g/mol. The Morgan fingerprint density at radius 2 is 2.50 bits per heavy atom. The first-order valence-electron chi connectivity index (χ1n) is 3.83. The number of ether oxygens (including phenoxy) is 1. The summed E-state index contributed by atoms with van der Waals surface area (Å²) in [7, 11) is 0. The molecule has 0 atom stereocenters. The third-order valence-corrected chi connectivity index (χ3v) is 1.26. The van der Waals surface area contributed by atoms with Crippen molar-refractivity contribution in [1.82, 2.24) is 4.98 Å². The fourth-order valence-corrected chi connectivity index (χ4v) is 0.722. The summed E-state index contributed by atoms with van der Waals surface area (Å²) in [5.74, 6) is 0.192. The number of esters is 1. The van der Waals surface area contributed by atoms with E-state index < -0.39 is 5.97 Å². The van der Waals surface area contributed by atoms with Gasteiger partial charge in [0.25, 0.3) is 0 Å².